The van der Waals surface area contributed by atoms with Crippen LogP contribution in [0.1, 0.15) is 20.9 Å². The fourth-order valence-corrected chi connectivity index (χ4v) is 3.88. The van der Waals surface area contributed by atoms with E-state index in [0.717, 1.165) is 24.0 Å². The number of piperazine rings is 1. The third-order valence-electron chi connectivity index (χ3n) is 4.01. The molecule has 122 valence electrons. The van der Waals surface area contributed by atoms with Crippen LogP contribution in [-0.4, -0.2) is 46.9 Å². The van der Waals surface area contributed by atoms with Gasteiger partial charge < -0.3 is 9.88 Å². The van der Waals surface area contributed by atoms with Gasteiger partial charge in [0.25, 0.3) is 5.91 Å². The SMILES string of the molecule is Cc1[nH]c(=O)ccc1C(=O)N1CCN(Cc2ccc(Cl)s2)CC1. The number of pyridine rings is 1. The van der Waals surface area contributed by atoms with Gasteiger partial charge in [-0.2, -0.15) is 0 Å². The zero-order valence-corrected chi connectivity index (χ0v) is 14.4. The molecule has 0 aliphatic carbocycles. The first-order chi connectivity index (χ1) is 11.0. The van der Waals surface area contributed by atoms with Crippen molar-refractivity contribution in [2.45, 2.75) is 13.5 Å². The highest BCUT2D eigenvalue weighted by Crippen LogP contribution is 2.23. The summed E-state index contributed by atoms with van der Waals surface area (Å²) in [6.07, 6.45) is 0. The lowest BCUT2D eigenvalue weighted by molar-refractivity contribution is 0.0628. The number of halogens is 1. The van der Waals surface area contributed by atoms with E-state index in [1.165, 1.54) is 10.9 Å². The van der Waals surface area contributed by atoms with Crippen LogP contribution in [0, 0.1) is 6.92 Å². The van der Waals surface area contributed by atoms with Crippen LogP contribution in [0.25, 0.3) is 0 Å². The summed E-state index contributed by atoms with van der Waals surface area (Å²) in [6, 6.07) is 6.97. The molecule has 1 fully saturated rings. The van der Waals surface area contributed by atoms with Crippen molar-refractivity contribution in [1.29, 1.82) is 0 Å². The highest BCUT2D eigenvalue weighted by molar-refractivity contribution is 7.16. The second-order valence-electron chi connectivity index (χ2n) is 5.64. The van der Waals surface area contributed by atoms with Gasteiger partial charge in [0.1, 0.15) is 0 Å². The van der Waals surface area contributed by atoms with Gasteiger partial charge in [0, 0.05) is 49.4 Å². The summed E-state index contributed by atoms with van der Waals surface area (Å²) in [7, 11) is 0. The minimum atomic E-state index is -0.182. The number of H-pyrrole nitrogens is 1. The third kappa shape index (κ3) is 3.83. The zero-order chi connectivity index (χ0) is 16.4. The summed E-state index contributed by atoms with van der Waals surface area (Å²) in [4.78, 5) is 31.9. The van der Waals surface area contributed by atoms with Crippen LogP contribution in [0.2, 0.25) is 4.34 Å². The molecule has 5 nitrogen and oxygen atoms in total. The molecule has 23 heavy (non-hydrogen) atoms. The lowest BCUT2D eigenvalue weighted by Crippen LogP contribution is -2.48. The monoisotopic (exact) mass is 351 g/mol. The van der Waals surface area contributed by atoms with Crippen molar-refractivity contribution < 1.29 is 4.79 Å². The maximum absolute atomic E-state index is 12.6. The molecule has 0 atom stereocenters. The van der Waals surface area contributed by atoms with Crippen LogP contribution < -0.4 is 5.56 Å². The van der Waals surface area contributed by atoms with Gasteiger partial charge in [-0.15, -0.1) is 11.3 Å². The van der Waals surface area contributed by atoms with Gasteiger partial charge in [0.2, 0.25) is 5.56 Å². The molecule has 7 heteroatoms. The van der Waals surface area contributed by atoms with E-state index >= 15 is 0 Å². The van der Waals surface area contributed by atoms with Crippen LogP contribution in [-0.2, 0) is 6.54 Å². The number of hydrogen-bond donors (Lipinski definition) is 1. The van der Waals surface area contributed by atoms with Crippen LogP contribution in [0.4, 0.5) is 0 Å². The Bertz CT molecular complexity index is 763. The largest absolute Gasteiger partial charge is 0.336 e. The maximum Gasteiger partial charge on any atom is 0.255 e. The van der Waals surface area contributed by atoms with Gasteiger partial charge >= 0.3 is 0 Å². The highest BCUT2D eigenvalue weighted by Gasteiger charge is 2.23. The maximum atomic E-state index is 12.6. The molecule has 0 bridgehead atoms. The van der Waals surface area contributed by atoms with Crippen molar-refractivity contribution in [3.8, 4) is 0 Å². The molecule has 3 heterocycles. The minimum Gasteiger partial charge on any atom is -0.336 e. The van der Waals surface area contributed by atoms with Gasteiger partial charge in [-0.1, -0.05) is 11.6 Å². The van der Waals surface area contributed by atoms with Crippen molar-refractivity contribution in [3.05, 3.63) is 55.1 Å². The van der Waals surface area contributed by atoms with Gasteiger partial charge in [-0.25, -0.2) is 0 Å². The van der Waals surface area contributed by atoms with Crippen molar-refractivity contribution in [2.75, 3.05) is 26.2 Å². The normalized spacial score (nSPS) is 15.8. The Hall–Kier alpha value is -1.63. The number of thiophene rings is 1. The van der Waals surface area contributed by atoms with Crippen LogP contribution in [0.15, 0.2) is 29.1 Å². The number of nitrogens with zero attached hydrogens (tertiary/aromatic N) is 2. The summed E-state index contributed by atoms with van der Waals surface area (Å²) < 4.78 is 0.808. The number of rotatable bonds is 3. The summed E-state index contributed by atoms with van der Waals surface area (Å²) in [5.74, 6) is -0.0161. The predicted octanol–water partition coefficient (Wildman–Crippen LogP) is 2.36. The molecule has 3 rings (SSSR count). The quantitative estimate of drug-likeness (QED) is 0.923. The summed E-state index contributed by atoms with van der Waals surface area (Å²) in [5.41, 5.74) is 1.01. The van der Waals surface area contributed by atoms with Crippen molar-refractivity contribution in [2.24, 2.45) is 0 Å². The molecule has 0 unspecified atom stereocenters. The molecule has 1 amide bonds. The van der Waals surface area contributed by atoms with E-state index in [1.54, 1.807) is 24.3 Å². The first kappa shape index (κ1) is 16.2. The Morgan fingerprint density at radius 2 is 1.96 bits per heavy atom. The standard InChI is InChI=1S/C16H18ClN3O2S/c1-11-13(3-5-15(21)18-11)16(22)20-8-6-19(7-9-20)10-12-2-4-14(17)23-12/h2-5H,6-10H2,1H3,(H,18,21). The summed E-state index contributed by atoms with van der Waals surface area (Å²) >= 11 is 7.56. The molecule has 1 N–H and O–H groups in total. The lowest BCUT2D eigenvalue weighted by Gasteiger charge is -2.34. The van der Waals surface area contributed by atoms with Gasteiger partial charge in [0.15, 0.2) is 0 Å². The van der Waals surface area contributed by atoms with Crippen molar-refractivity contribution in [1.82, 2.24) is 14.8 Å². The van der Waals surface area contributed by atoms with E-state index in [-0.39, 0.29) is 11.5 Å². The topological polar surface area (TPSA) is 56.4 Å². The molecule has 1 saturated heterocycles. The average Bonchev–Trinajstić information content (AvgIpc) is 2.92. The Balaban J connectivity index is 1.60. The fourth-order valence-electron chi connectivity index (χ4n) is 2.75. The van der Waals surface area contributed by atoms with E-state index in [0.29, 0.717) is 24.3 Å². The van der Waals surface area contributed by atoms with Crippen LogP contribution in [0.3, 0.4) is 0 Å². The van der Waals surface area contributed by atoms with Gasteiger partial charge in [0.05, 0.1) is 9.90 Å². The van der Waals surface area contributed by atoms with E-state index in [2.05, 4.69) is 9.88 Å². The molecule has 0 aromatic carbocycles. The predicted molar refractivity (Wildman–Crippen MR) is 92.3 cm³/mol. The molecule has 2 aromatic rings. The number of carbonyl (C=O) groups excluding carboxylic acids is 1. The van der Waals surface area contributed by atoms with Gasteiger partial charge in [-0.05, 0) is 25.1 Å². The van der Waals surface area contributed by atoms with Crippen LogP contribution >= 0.6 is 22.9 Å². The Labute approximate surface area is 143 Å². The second kappa shape index (κ2) is 6.86. The molecule has 0 spiro atoms. The van der Waals surface area contributed by atoms with E-state index in [1.807, 2.05) is 17.0 Å². The number of aryl methyl sites for hydroxylation is 1. The van der Waals surface area contributed by atoms with E-state index in [9.17, 15) is 9.59 Å². The minimum absolute atomic E-state index is 0.0161. The first-order valence-corrected chi connectivity index (χ1v) is 8.68. The molecule has 0 radical (unpaired) electrons. The number of aromatic nitrogens is 1. The number of aromatic amines is 1. The summed E-state index contributed by atoms with van der Waals surface area (Å²) in [6.45, 7) is 5.68. The number of amides is 1. The van der Waals surface area contributed by atoms with Crippen molar-refractivity contribution in [3.63, 3.8) is 0 Å². The van der Waals surface area contributed by atoms with Crippen LogP contribution in [0.5, 0.6) is 0 Å². The lowest BCUT2D eigenvalue weighted by atomic mass is 10.1. The Kier molecular flexibility index (Phi) is 4.84. The molecule has 0 saturated carbocycles. The number of carbonyl (C=O) groups is 1. The molecular weight excluding hydrogens is 334 g/mol. The molecule has 2 aromatic heterocycles. The second-order valence-corrected chi connectivity index (χ2v) is 7.44. The first-order valence-electron chi connectivity index (χ1n) is 7.49. The number of nitrogens with one attached hydrogen (secondary N) is 1. The summed E-state index contributed by atoms with van der Waals surface area (Å²) in [5, 5.41) is 0. The highest BCUT2D eigenvalue weighted by atomic mass is 35.5. The number of hydrogen-bond acceptors (Lipinski definition) is 4. The van der Waals surface area contributed by atoms with Gasteiger partial charge in [-0.3, -0.25) is 14.5 Å². The fraction of sp³-hybridized carbons (Fsp3) is 0.375. The molecule has 1 aliphatic heterocycles. The van der Waals surface area contributed by atoms with E-state index < -0.39 is 0 Å². The third-order valence-corrected chi connectivity index (χ3v) is 5.23. The molecular formula is C16H18ClN3O2S. The average molecular weight is 352 g/mol. The smallest absolute Gasteiger partial charge is 0.255 e. The Morgan fingerprint density at radius 1 is 1.22 bits per heavy atom. The van der Waals surface area contributed by atoms with E-state index in [4.69, 9.17) is 11.6 Å². The Morgan fingerprint density at radius 3 is 2.57 bits per heavy atom. The van der Waals surface area contributed by atoms with Crippen molar-refractivity contribution >= 4 is 28.8 Å². The molecule has 1 aliphatic rings. The zero-order valence-electron chi connectivity index (χ0n) is 12.8.